The van der Waals surface area contributed by atoms with Crippen LogP contribution in [0.5, 0.6) is 0 Å². The molecular formula is C49H69N5O13S. The lowest BCUT2D eigenvalue weighted by Crippen LogP contribution is -2.61. The Balaban J connectivity index is 1.39. The maximum atomic E-state index is 15.0. The fourth-order valence-corrected chi connectivity index (χ4v) is 11.8. The number of cyclic esters (lactones) is 1. The first-order valence-corrected chi connectivity index (χ1v) is 24.9. The molecule has 0 radical (unpaired) electrons. The van der Waals surface area contributed by atoms with Gasteiger partial charge in [0.05, 0.1) is 47.4 Å². The van der Waals surface area contributed by atoms with E-state index in [0.29, 0.717) is 17.5 Å². The summed E-state index contributed by atoms with van der Waals surface area (Å²) in [5, 5.41) is 12.4. The number of benzene rings is 1. The number of Topliss-reactive ketones (excluding diaryl/α,β-unsaturated/α-hetero) is 1. The predicted molar refractivity (Wildman–Crippen MR) is 249 cm³/mol. The third-order valence-electron chi connectivity index (χ3n) is 14.2. The Morgan fingerprint density at radius 3 is 2.35 bits per heavy atom. The number of carbonyl (C=O) groups is 4. The van der Waals surface area contributed by atoms with E-state index < -0.39 is 99.7 Å². The van der Waals surface area contributed by atoms with Gasteiger partial charge in [-0.3, -0.25) is 29.3 Å². The van der Waals surface area contributed by atoms with Gasteiger partial charge in [-0.15, -0.1) is 0 Å². The summed E-state index contributed by atoms with van der Waals surface area (Å²) in [5.74, 6) is -5.55. The van der Waals surface area contributed by atoms with Gasteiger partial charge in [0.1, 0.15) is 29.0 Å². The first-order valence-electron chi connectivity index (χ1n) is 23.4. The smallest absolute Gasteiger partial charge is 0.410 e. The van der Waals surface area contributed by atoms with E-state index in [9.17, 15) is 27.9 Å². The molecular weight excluding hydrogens is 899 g/mol. The molecule has 14 atom stereocenters. The highest BCUT2D eigenvalue weighted by Gasteiger charge is 2.60. The highest BCUT2D eigenvalue weighted by Crippen LogP contribution is 2.44. The number of sulfonamides is 1. The van der Waals surface area contributed by atoms with Gasteiger partial charge in [-0.1, -0.05) is 52.0 Å². The number of likely N-dealkylation sites (N-methyl/N-ethyl adjacent to an activating group) is 1. The van der Waals surface area contributed by atoms with Gasteiger partial charge in [-0.05, 0) is 85.3 Å². The fourth-order valence-electron chi connectivity index (χ4n) is 10.6. The Morgan fingerprint density at radius 2 is 1.69 bits per heavy atom. The molecule has 3 aromatic rings. The number of nitrogens with one attached hydrogen (secondary N) is 1. The third kappa shape index (κ3) is 11.0. The minimum absolute atomic E-state index is 0.0267. The van der Waals surface area contributed by atoms with E-state index in [1.807, 2.05) is 25.9 Å². The fraction of sp³-hybridized carbons (Fsp3) is 0.633. The van der Waals surface area contributed by atoms with Crippen LogP contribution in [0, 0.1) is 23.7 Å². The number of methoxy groups -OCH3 is 1. The van der Waals surface area contributed by atoms with Crippen molar-refractivity contribution in [2.24, 2.45) is 23.7 Å². The second kappa shape index (κ2) is 21.6. The normalized spacial score (nSPS) is 34.2. The van der Waals surface area contributed by atoms with Crippen LogP contribution in [0.3, 0.4) is 0 Å². The number of aliphatic hydroxyl groups excluding tert-OH is 1. The number of para-hydroxylation sites is 1. The van der Waals surface area contributed by atoms with Crippen LogP contribution < -0.4 is 4.72 Å². The summed E-state index contributed by atoms with van der Waals surface area (Å²) in [7, 11) is 1.03. The number of carbonyl (C=O) groups excluding carboxylic acids is 4. The van der Waals surface area contributed by atoms with Gasteiger partial charge >= 0.3 is 18.0 Å². The van der Waals surface area contributed by atoms with Gasteiger partial charge in [0.25, 0.3) is 0 Å². The van der Waals surface area contributed by atoms with Gasteiger partial charge in [0.2, 0.25) is 10.0 Å². The number of fused-ring (bicyclic) bond motifs is 2. The number of aromatic nitrogens is 2. The highest BCUT2D eigenvalue weighted by atomic mass is 32.2. The van der Waals surface area contributed by atoms with Crippen LogP contribution in [0.4, 0.5) is 4.79 Å². The first kappa shape index (κ1) is 52.7. The van der Waals surface area contributed by atoms with E-state index >= 15 is 4.79 Å². The van der Waals surface area contributed by atoms with Gasteiger partial charge in [-0.2, -0.15) is 0 Å². The number of hydrogen-bond acceptors (Lipinski definition) is 16. The largest absolute Gasteiger partial charge is 0.461 e. The van der Waals surface area contributed by atoms with Crippen LogP contribution in [0.2, 0.25) is 0 Å². The van der Waals surface area contributed by atoms with Crippen molar-refractivity contribution in [2.45, 2.75) is 146 Å². The van der Waals surface area contributed by atoms with Gasteiger partial charge in [0.15, 0.2) is 11.9 Å². The molecule has 374 valence electrons. The molecule has 0 aliphatic carbocycles. The van der Waals surface area contributed by atoms with E-state index in [-0.39, 0.29) is 60.7 Å². The van der Waals surface area contributed by atoms with Crippen LogP contribution in [0.25, 0.3) is 10.9 Å². The molecule has 2 N–H and O–H groups in total. The average molecular weight is 968 g/mol. The van der Waals surface area contributed by atoms with E-state index in [1.54, 1.807) is 97.1 Å². The van der Waals surface area contributed by atoms with Gasteiger partial charge in [0, 0.05) is 61.8 Å². The van der Waals surface area contributed by atoms with Crippen molar-refractivity contribution in [3.63, 3.8) is 0 Å². The van der Waals surface area contributed by atoms with Crippen LogP contribution in [0.15, 0.2) is 65.8 Å². The van der Waals surface area contributed by atoms with E-state index in [2.05, 4.69) is 14.7 Å². The Labute approximate surface area is 399 Å². The maximum Gasteiger partial charge on any atom is 0.410 e. The Kier molecular flexibility index (Phi) is 16.7. The zero-order valence-corrected chi connectivity index (χ0v) is 41.8. The lowest BCUT2D eigenvalue weighted by molar-refractivity contribution is -0.301. The number of amides is 1. The second-order valence-corrected chi connectivity index (χ2v) is 21.0. The molecule has 2 aromatic heterocycles. The standard InChI is InChI=1S/C49H69N5O13S/c1-12-37-49(8)43(54(47(59)67-49)24-23-52-68(60,61)36-20-15-17-33-18-16-22-51-39(33)36)30(4)40(56)28(2)27-48(7,62-11)44(66-46-41(57)35(53(9)10)25-29(3)63-46)31(5)42(32(6)45(58)64-37)65-38(55)26-34-19-13-14-21-50-34/h13-22,28-32,35,37,41-44,46,52,57H,12,23-27H2,1-11H3/t28-,29-,30-,31-,32-,35+,37+,41-,42-,43+,44-,46+,48-,49-/m1/s1. The number of ether oxygens (including phenoxy) is 6. The molecule has 6 rings (SSSR count). The predicted octanol–water partition coefficient (Wildman–Crippen LogP) is 4.70. The van der Waals surface area contributed by atoms with Crippen LogP contribution in [0.1, 0.15) is 80.3 Å². The van der Waals surface area contributed by atoms with Gasteiger partial charge < -0.3 is 38.4 Å². The van der Waals surface area contributed by atoms with E-state index in [4.69, 9.17) is 28.4 Å². The third-order valence-corrected chi connectivity index (χ3v) is 15.7. The quantitative estimate of drug-likeness (QED) is 0.175. The molecule has 68 heavy (non-hydrogen) atoms. The molecule has 0 unspecified atom stereocenters. The Morgan fingerprint density at radius 1 is 0.985 bits per heavy atom. The summed E-state index contributed by atoms with van der Waals surface area (Å²) in [4.78, 5) is 69.5. The number of ketones is 1. The zero-order valence-electron chi connectivity index (χ0n) is 41.0. The Bertz CT molecular complexity index is 2370. The highest BCUT2D eigenvalue weighted by molar-refractivity contribution is 7.89. The van der Waals surface area contributed by atoms with Crippen molar-refractivity contribution < 1.29 is 61.1 Å². The summed E-state index contributed by atoms with van der Waals surface area (Å²) >= 11 is 0. The molecule has 3 fully saturated rings. The topological polar surface area (TPSA) is 222 Å². The van der Waals surface area contributed by atoms with Crippen LogP contribution in [-0.4, -0.2) is 151 Å². The minimum Gasteiger partial charge on any atom is -0.461 e. The molecule has 0 saturated carbocycles. The molecule has 3 aliphatic heterocycles. The van der Waals surface area contributed by atoms with E-state index in [1.165, 1.54) is 24.3 Å². The second-order valence-electron chi connectivity index (χ2n) is 19.3. The lowest BCUT2D eigenvalue weighted by Gasteiger charge is -2.48. The molecule has 5 heterocycles. The lowest BCUT2D eigenvalue weighted by atomic mass is 9.73. The summed E-state index contributed by atoms with van der Waals surface area (Å²) in [6.45, 7) is 13.3. The molecule has 3 saturated heterocycles. The molecule has 0 spiro atoms. The number of nitrogens with zero attached hydrogens (tertiary/aromatic N) is 4. The zero-order chi connectivity index (χ0) is 49.9. The minimum atomic E-state index is -4.14. The number of esters is 2. The van der Waals surface area contributed by atoms with Crippen molar-refractivity contribution in [2.75, 3.05) is 34.3 Å². The molecule has 1 aromatic carbocycles. The maximum absolute atomic E-state index is 15.0. The van der Waals surface area contributed by atoms with Crippen LogP contribution >= 0.6 is 0 Å². The molecule has 3 aliphatic rings. The first-order chi connectivity index (χ1) is 32.1. The number of aliphatic hydroxyl groups is 1. The van der Waals surface area contributed by atoms with Crippen molar-refractivity contribution in [3.05, 3.63) is 66.6 Å². The summed E-state index contributed by atoms with van der Waals surface area (Å²) in [5.41, 5.74) is -2.28. The van der Waals surface area contributed by atoms with Gasteiger partial charge in [-0.25, -0.2) is 17.9 Å². The molecule has 1 amide bonds. The van der Waals surface area contributed by atoms with E-state index in [0.717, 1.165) is 0 Å². The van der Waals surface area contributed by atoms with Crippen molar-refractivity contribution in [1.29, 1.82) is 0 Å². The summed E-state index contributed by atoms with van der Waals surface area (Å²) in [6, 6.07) is 12.0. The summed E-state index contributed by atoms with van der Waals surface area (Å²) < 4.78 is 68.3. The van der Waals surface area contributed by atoms with Crippen molar-refractivity contribution in [3.8, 4) is 0 Å². The Hall–Kier alpha value is -4.63. The van der Waals surface area contributed by atoms with Crippen molar-refractivity contribution >= 4 is 44.7 Å². The number of pyridine rings is 2. The van der Waals surface area contributed by atoms with Crippen molar-refractivity contribution in [1.82, 2.24) is 24.5 Å². The number of rotatable bonds is 13. The molecule has 19 heteroatoms. The molecule has 18 nitrogen and oxygen atoms in total. The van der Waals surface area contributed by atoms with Crippen LogP contribution in [-0.2, 0) is 59.2 Å². The summed E-state index contributed by atoms with van der Waals surface area (Å²) in [6.07, 6.45) is -3.43. The number of hydrogen-bond donors (Lipinski definition) is 2. The molecule has 0 bridgehead atoms. The average Bonchev–Trinajstić information content (AvgIpc) is 3.56. The SMILES string of the molecule is CC[C@@H]1OC(=O)[C@H](C)[C@H](OC(=O)Cc2ccccn2)[C@@H](C)[C@@H](O[C@@H]2O[C@H](C)C[C@H](N(C)C)[C@H]2O)[C@](C)(OC)C[C@@H](C)C(=O)[C@@H](C)[C@@H]2N(CCNS(=O)(=O)c3cccc4cccnc34)C(=O)O[C@]12C. The monoisotopic (exact) mass is 967 g/mol.